The third-order valence-electron chi connectivity index (χ3n) is 6.52. The van der Waals surface area contributed by atoms with Gasteiger partial charge in [0.05, 0.1) is 34.2 Å². The highest BCUT2D eigenvalue weighted by Gasteiger charge is 2.26. The van der Waals surface area contributed by atoms with Crippen molar-refractivity contribution in [1.82, 2.24) is 9.97 Å². The highest BCUT2D eigenvalue weighted by molar-refractivity contribution is 5.90. The molecule has 0 atom stereocenters. The number of H-pyrrole nitrogens is 2. The fourth-order valence-corrected chi connectivity index (χ4v) is 4.48. The van der Waals surface area contributed by atoms with E-state index in [1.807, 2.05) is 37.3 Å². The lowest BCUT2D eigenvalue weighted by Gasteiger charge is -2.09. The summed E-state index contributed by atoms with van der Waals surface area (Å²) in [4.78, 5) is 55.7. The first kappa shape index (κ1) is 29.2. The number of hydrogen-bond donors (Lipinski definition) is 2. The van der Waals surface area contributed by atoms with Gasteiger partial charge in [-0.1, -0.05) is 37.3 Å². The normalized spacial score (nSPS) is 10.7. The molecule has 3 aromatic rings. The summed E-state index contributed by atoms with van der Waals surface area (Å²) in [6.07, 6.45) is 2.90. The number of hydrogen-bond acceptors (Lipinski definition) is 8. The molecule has 0 unspecified atom stereocenters. The summed E-state index contributed by atoms with van der Waals surface area (Å²) in [7, 11) is 3.94. The molecule has 10 heteroatoms. The van der Waals surface area contributed by atoms with Gasteiger partial charge in [-0.05, 0) is 40.7 Å². The molecule has 0 aliphatic carbocycles. The summed E-state index contributed by atoms with van der Waals surface area (Å²) in [5, 5.41) is 0. The van der Waals surface area contributed by atoms with Gasteiger partial charge in [0.1, 0.15) is 12.3 Å². The molecule has 208 valence electrons. The van der Waals surface area contributed by atoms with Crippen LogP contribution in [0, 0.1) is 0 Å². The number of methoxy groups -OCH3 is 3. The van der Waals surface area contributed by atoms with Crippen LogP contribution in [0.5, 0.6) is 0 Å². The number of aromatic amines is 2. The molecule has 1 aromatic carbocycles. The van der Waals surface area contributed by atoms with Crippen molar-refractivity contribution in [1.29, 1.82) is 0 Å². The maximum Gasteiger partial charge on any atom is 0.355 e. The summed E-state index contributed by atoms with van der Waals surface area (Å²) in [6, 6.07) is 9.34. The van der Waals surface area contributed by atoms with Gasteiger partial charge in [0.15, 0.2) is 0 Å². The summed E-state index contributed by atoms with van der Waals surface area (Å²) in [5.74, 6) is -1.77. The Kier molecular flexibility index (Phi) is 10.5. The Morgan fingerprint density at radius 2 is 1.46 bits per heavy atom. The molecule has 3 rings (SSSR count). The van der Waals surface area contributed by atoms with Gasteiger partial charge < -0.3 is 28.9 Å². The van der Waals surface area contributed by atoms with E-state index in [-0.39, 0.29) is 44.0 Å². The maximum absolute atomic E-state index is 13.1. The Bertz CT molecular complexity index is 1310. The summed E-state index contributed by atoms with van der Waals surface area (Å²) >= 11 is 0. The second kappa shape index (κ2) is 14.0. The molecule has 2 heterocycles. The predicted octanol–water partition coefficient (Wildman–Crippen LogP) is 3.39. The van der Waals surface area contributed by atoms with E-state index in [9.17, 15) is 19.2 Å². The zero-order valence-electron chi connectivity index (χ0n) is 22.7. The van der Waals surface area contributed by atoms with E-state index in [0.717, 1.165) is 16.8 Å². The molecule has 10 nitrogen and oxygen atoms in total. The van der Waals surface area contributed by atoms with Crippen LogP contribution < -0.4 is 0 Å². The van der Waals surface area contributed by atoms with Crippen LogP contribution in [0.3, 0.4) is 0 Å². The third kappa shape index (κ3) is 7.59. The van der Waals surface area contributed by atoms with E-state index in [1.165, 1.54) is 21.3 Å². The minimum absolute atomic E-state index is 0.0283. The molecular weight excluding hydrogens is 504 g/mol. The van der Waals surface area contributed by atoms with Gasteiger partial charge in [0.25, 0.3) is 0 Å². The van der Waals surface area contributed by atoms with Crippen LogP contribution in [0.4, 0.5) is 0 Å². The molecule has 0 aliphatic heterocycles. The largest absolute Gasteiger partial charge is 0.469 e. The number of benzene rings is 1. The van der Waals surface area contributed by atoms with Crippen LogP contribution in [0.1, 0.15) is 63.0 Å². The minimum atomic E-state index is -0.531. The van der Waals surface area contributed by atoms with Gasteiger partial charge in [-0.2, -0.15) is 0 Å². The van der Waals surface area contributed by atoms with Crippen molar-refractivity contribution in [2.75, 3.05) is 21.3 Å². The van der Waals surface area contributed by atoms with Gasteiger partial charge in [0, 0.05) is 30.4 Å². The molecule has 0 radical (unpaired) electrons. The van der Waals surface area contributed by atoms with Crippen molar-refractivity contribution in [2.45, 2.75) is 52.1 Å². The van der Waals surface area contributed by atoms with Gasteiger partial charge in [-0.3, -0.25) is 14.4 Å². The third-order valence-corrected chi connectivity index (χ3v) is 6.52. The van der Waals surface area contributed by atoms with Crippen molar-refractivity contribution < 1.29 is 38.1 Å². The number of carbonyl (C=O) groups is 4. The van der Waals surface area contributed by atoms with Gasteiger partial charge in [0.2, 0.25) is 0 Å². The lowest BCUT2D eigenvalue weighted by molar-refractivity contribution is -0.141. The number of ether oxygens (including phenoxy) is 4. The fraction of sp³-hybridized carbons (Fsp3) is 0.379. The summed E-state index contributed by atoms with van der Waals surface area (Å²) < 4.78 is 20.1. The van der Waals surface area contributed by atoms with Crippen molar-refractivity contribution in [3.63, 3.8) is 0 Å². The van der Waals surface area contributed by atoms with Crippen molar-refractivity contribution >= 4 is 23.9 Å². The van der Waals surface area contributed by atoms with Crippen molar-refractivity contribution in [3.8, 4) is 0 Å². The highest BCUT2D eigenvalue weighted by Crippen LogP contribution is 2.27. The monoisotopic (exact) mass is 538 g/mol. The molecular formula is C29H34N2O8. The lowest BCUT2D eigenvalue weighted by atomic mass is 9.97. The maximum atomic E-state index is 13.1. The summed E-state index contributed by atoms with van der Waals surface area (Å²) in [5.41, 5.74) is 5.29. The van der Waals surface area contributed by atoms with Crippen LogP contribution >= 0.6 is 0 Å². The molecule has 39 heavy (non-hydrogen) atoms. The average Bonchev–Trinajstić information content (AvgIpc) is 3.50. The highest BCUT2D eigenvalue weighted by atomic mass is 16.5. The van der Waals surface area contributed by atoms with Crippen LogP contribution in [0.15, 0.2) is 36.5 Å². The zero-order chi connectivity index (χ0) is 28.4. The van der Waals surface area contributed by atoms with E-state index in [1.54, 1.807) is 6.20 Å². The number of nitrogens with one attached hydrogen (secondary N) is 2. The van der Waals surface area contributed by atoms with Gasteiger partial charge in [-0.15, -0.1) is 0 Å². The molecule has 0 saturated carbocycles. The zero-order valence-corrected chi connectivity index (χ0v) is 22.7. The molecule has 0 bridgehead atoms. The number of carbonyl (C=O) groups excluding carboxylic acids is 4. The Hall–Kier alpha value is -4.34. The topological polar surface area (TPSA) is 137 Å². The average molecular weight is 539 g/mol. The number of aromatic nitrogens is 2. The van der Waals surface area contributed by atoms with E-state index >= 15 is 0 Å². The SMILES string of the molecule is CCc1c(C(=O)OCc2ccccc2)[nH]c(Cc2[nH]cc(CC(=O)OC)c2CCC(=O)OC)c1CC(=O)OC. The van der Waals surface area contributed by atoms with Gasteiger partial charge >= 0.3 is 23.9 Å². The fourth-order valence-electron chi connectivity index (χ4n) is 4.48. The molecule has 0 saturated heterocycles. The lowest BCUT2D eigenvalue weighted by Crippen LogP contribution is -2.10. The molecule has 0 amide bonds. The molecule has 2 aromatic heterocycles. The Labute approximate surface area is 227 Å². The quantitative estimate of drug-likeness (QED) is 0.250. The van der Waals surface area contributed by atoms with Crippen molar-refractivity contribution in [3.05, 3.63) is 81.4 Å². The van der Waals surface area contributed by atoms with Crippen LogP contribution in [-0.2, 0) is 72.0 Å². The second-order valence-corrected chi connectivity index (χ2v) is 8.88. The number of esters is 4. The van der Waals surface area contributed by atoms with Gasteiger partial charge in [-0.25, -0.2) is 4.79 Å². The Morgan fingerprint density at radius 3 is 2.10 bits per heavy atom. The first-order chi connectivity index (χ1) is 18.8. The molecule has 0 aliphatic rings. The molecule has 0 spiro atoms. The Balaban J connectivity index is 1.98. The first-order valence-corrected chi connectivity index (χ1v) is 12.6. The standard InChI is InChI=1S/C29H34N2O8/c1-5-20-22(14-27(34)38-4)24(31-28(20)29(35)39-17-18-9-7-6-8-10-18)15-23-21(11-12-25(32)36-2)19(16-30-23)13-26(33)37-3/h6-10,16,30-31H,5,11-15,17H2,1-4H3. The van der Waals surface area contributed by atoms with E-state index < -0.39 is 17.9 Å². The van der Waals surface area contributed by atoms with E-state index in [2.05, 4.69) is 9.97 Å². The predicted molar refractivity (Wildman–Crippen MR) is 141 cm³/mol. The van der Waals surface area contributed by atoms with E-state index in [4.69, 9.17) is 18.9 Å². The Morgan fingerprint density at radius 1 is 0.795 bits per heavy atom. The van der Waals surface area contributed by atoms with Crippen molar-refractivity contribution in [2.24, 2.45) is 0 Å². The first-order valence-electron chi connectivity index (χ1n) is 12.6. The second-order valence-electron chi connectivity index (χ2n) is 8.88. The minimum Gasteiger partial charge on any atom is -0.469 e. The smallest absolute Gasteiger partial charge is 0.355 e. The van der Waals surface area contributed by atoms with E-state index in [0.29, 0.717) is 35.2 Å². The summed E-state index contributed by atoms with van der Waals surface area (Å²) in [6.45, 7) is 2.00. The van der Waals surface area contributed by atoms with Crippen LogP contribution in [0.2, 0.25) is 0 Å². The molecule has 2 N–H and O–H groups in total. The van der Waals surface area contributed by atoms with Crippen LogP contribution in [0.25, 0.3) is 0 Å². The number of rotatable bonds is 13. The van der Waals surface area contributed by atoms with Crippen LogP contribution in [-0.4, -0.2) is 55.2 Å². The molecule has 0 fully saturated rings.